The van der Waals surface area contributed by atoms with Gasteiger partial charge in [-0.2, -0.15) is 5.10 Å². The quantitative estimate of drug-likeness (QED) is 0.820. The molecule has 2 aliphatic rings. The molecule has 4 heterocycles. The molecule has 2 unspecified atom stereocenters. The van der Waals surface area contributed by atoms with Crippen LogP contribution in [0.15, 0.2) is 22.5 Å². The second-order valence-corrected chi connectivity index (χ2v) is 9.64. The third kappa shape index (κ3) is 3.53. The normalized spacial score (nSPS) is 23.4. The fourth-order valence-corrected chi connectivity index (χ4v) is 5.06. The van der Waals surface area contributed by atoms with E-state index in [4.69, 9.17) is 11.6 Å². The van der Waals surface area contributed by atoms with E-state index in [-0.39, 0.29) is 0 Å². The van der Waals surface area contributed by atoms with Gasteiger partial charge in [0.1, 0.15) is 4.21 Å². The van der Waals surface area contributed by atoms with Crippen LogP contribution in [0, 0.1) is 0 Å². The topological polar surface area (TPSA) is 74.8 Å². The van der Waals surface area contributed by atoms with Crippen LogP contribution in [0.1, 0.15) is 36.6 Å². The zero-order valence-electron chi connectivity index (χ0n) is 12.2. The number of nitrogens with zero attached hydrogens (tertiary/aromatic N) is 1. The molecule has 0 saturated carbocycles. The number of rotatable bonds is 1. The van der Waals surface area contributed by atoms with Crippen molar-refractivity contribution in [1.29, 1.82) is 0 Å². The molecule has 2 bridgehead atoms. The van der Waals surface area contributed by atoms with Gasteiger partial charge in [0.25, 0.3) is 0 Å². The summed E-state index contributed by atoms with van der Waals surface area (Å²) in [6.07, 6.45) is 8.26. The van der Waals surface area contributed by atoms with Crippen LogP contribution in [0.4, 0.5) is 0 Å². The highest BCUT2D eigenvalue weighted by atomic mass is 35.5. The standard InChI is InChI=1S/C9H13N3.C5H5ClO2S2/c1-2-6-4-9-7(5-10-12-9)8(3-1)11-6;1-10(7,8)5-3-2-4(6)9-5/h5-6,8,11H,1-4H2,(H,10,12);2-3H,1H3. The molecule has 8 heteroatoms. The number of aromatic amines is 1. The SMILES string of the molecule is CS(=O)(=O)c1ccc(Cl)s1.c1n[nH]c2c1C1CCCC(C2)N1. The fraction of sp³-hybridized carbons (Fsp3) is 0.500. The zero-order chi connectivity index (χ0) is 15.7. The lowest BCUT2D eigenvalue weighted by Gasteiger charge is -2.35. The van der Waals surface area contributed by atoms with Crippen molar-refractivity contribution < 1.29 is 8.42 Å². The number of aromatic nitrogens is 2. The smallest absolute Gasteiger partial charge is 0.184 e. The first kappa shape index (κ1) is 16.0. The van der Waals surface area contributed by atoms with Gasteiger partial charge in [-0.3, -0.25) is 5.10 Å². The molecular formula is C14H18ClN3O2S2. The average molecular weight is 360 g/mol. The van der Waals surface area contributed by atoms with Crippen molar-refractivity contribution in [3.05, 3.63) is 33.9 Å². The van der Waals surface area contributed by atoms with Crippen LogP contribution in [-0.4, -0.2) is 30.9 Å². The second kappa shape index (κ2) is 6.31. The molecule has 0 aromatic carbocycles. The highest BCUT2D eigenvalue weighted by Crippen LogP contribution is 2.32. The summed E-state index contributed by atoms with van der Waals surface area (Å²) in [5.74, 6) is 0. The van der Waals surface area contributed by atoms with Gasteiger partial charge in [-0.05, 0) is 31.4 Å². The minimum absolute atomic E-state index is 0.317. The predicted molar refractivity (Wildman–Crippen MR) is 88.2 cm³/mol. The van der Waals surface area contributed by atoms with Crippen molar-refractivity contribution >= 4 is 32.8 Å². The first-order chi connectivity index (χ1) is 10.4. The van der Waals surface area contributed by atoms with E-state index < -0.39 is 9.84 Å². The first-order valence-corrected chi connectivity index (χ1v) is 10.3. The summed E-state index contributed by atoms with van der Waals surface area (Å²) in [7, 11) is -3.05. The number of hydrogen-bond donors (Lipinski definition) is 2. The zero-order valence-corrected chi connectivity index (χ0v) is 14.6. The maximum Gasteiger partial charge on any atom is 0.184 e. The summed E-state index contributed by atoms with van der Waals surface area (Å²) >= 11 is 6.59. The van der Waals surface area contributed by atoms with Gasteiger partial charge in [0.2, 0.25) is 0 Å². The van der Waals surface area contributed by atoms with E-state index >= 15 is 0 Å². The van der Waals surface area contributed by atoms with Crippen LogP contribution in [0.5, 0.6) is 0 Å². The molecule has 0 aliphatic carbocycles. The molecule has 22 heavy (non-hydrogen) atoms. The van der Waals surface area contributed by atoms with Crippen molar-refractivity contribution in [3.63, 3.8) is 0 Å². The van der Waals surface area contributed by atoms with Crippen LogP contribution < -0.4 is 5.32 Å². The Morgan fingerprint density at radius 2 is 2.18 bits per heavy atom. The van der Waals surface area contributed by atoms with Gasteiger partial charge < -0.3 is 5.32 Å². The molecule has 4 rings (SSSR count). The molecule has 1 saturated heterocycles. The lowest BCUT2D eigenvalue weighted by atomic mass is 9.86. The lowest BCUT2D eigenvalue weighted by Crippen LogP contribution is -2.42. The van der Waals surface area contributed by atoms with E-state index in [1.807, 2.05) is 6.20 Å². The maximum atomic E-state index is 10.8. The number of H-pyrrole nitrogens is 1. The van der Waals surface area contributed by atoms with E-state index in [1.54, 1.807) is 6.07 Å². The second-order valence-electron chi connectivity index (χ2n) is 5.69. The predicted octanol–water partition coefficient (Wildman–Crippen LogP) is 2.95. The van der Waals surface area contributed by atoms with Gasteiger partial charge >= 0.3 is 0 Å². The van der Waals surface area contributed by atoms with E-state index in [2.05, 4.69) is 15.5 Å². The average Bonchev–Trinajstić information content (AvgIpc) is 3.08. The van der Waals surface area contributed by atoms with E-state index in [0.29, 0.717) is 20.6 Å². The minimum atomic E-state index is -3.05. The molecule has 2 atom stereocenters. The first-order valence-electron chi connectivity index (χ1n) is 7.17. The molecule has 2 N–H and O–H groups in total. The van der Waals surface area contributed by atoms with Crippen LogP contribution in [-0.2, 0) is 16.3 Å². The van der Waals surface area contributed by atoms with Gasteiger partial charge in [0.05, 0.1) is 10.5 Å². The summed E-state index contributed by atoms with van der Waals surface area (Å²) in [5, 5.41) is 10.8. The molecule has 5 nitrogen and oxygen atoms in total. The third-order valence-corrected chi connectivity index (χ3v) is 7.02. The highest BCUT2D eigenvalue weighted by molar-refractivity contribution is 7.92. The van der Waals surface area contributed by atoms with Crippen LogP contribution in [0.25, 0.3) is 0 Å². The number of fused-ring (bicyclic) bond motifs is 4. The van der Waals surface area contributed by atoms with Gasteiger partial charge in [-0.1, -0.05) is 11.6 Å². The summed E-state index contributed by atoms with van der Waals surface area (Å²) in [5.41, 5.74) is 2.77. The summed E-state index contributed by atoms with van der Waals surface area (Å²) < 4.78 is 22.4. The Bertz CT molecular complexity index is 754. The van der Waals surface area contributed by atoms with Crippen molar-refractivity contribution in [2.24, 2.45) is 0 Å². The molecule has 120 valence electrons. The molecule has 1 fully saturated rings. The Hall–Kier alpha value is -0.890. The Balaban J connectivity index is 0.000000134. The maximum absolute atomic E-state index is 10.8. The third-order valence-electron chi connectivity index (χ3n) is 3.97. The Morgan fingerprint density at radius 1 is 1.36 bits per heavy atom. The summed E-state index contributed by atoms with van der Waals surface area (Å²) in [4.78, 5) is 0. The van der Waals surface area contributed by atoms with Crippen molar-refractivity contribution in [2.75, 3.05) is 6.26 Å². The van der Waals surface area contributed by atoms with Crippen molar-refractivity contribution in [3.8, 4) is 0 Å². The molecular weight excluding hydrogens is 342 g/mol. The number of thiophene rings is 1. The van der Waals surface area contributed by atoms with Crippen LogP contribution in [0.2, 0.25) is 4.34 Å². The number of hydrogen-bond acceptors (Lipinski definition) is 5. The monoisotopic (exact) mass is 359 g/mol. The van der Waals surface area contributed by atoms with Gasteiger partial charge in [-0.25, -0.2) is 8.42 Å². The van der Waals surface area contributed by atoms with Crippen LogP contribution in [0.3, 0.4) is 0 Å². The Labute approximate surface area is 139 Å². The largest absolute Gasteiger partial charge is 0.307 e. The minimum Gasteiger partial charge on any atom is -0.307 e. The number of piperidine rings is 1. The molecule has 2 aromatic heterocycles. The number of nitrogens with one attached hydrogen (secondary N) is 2. The van der Waals surface area contributed by atoms with E-state index in [0.717, 1.165) is 24.0 Å². The summed E-state index contributed by atoms with van der Waals surface area (Å²) in [6.45, 7) is 0. The van der Waals surface area contributed by atoms with Crippen LogP contribution >= 0.6 is 22.9 Å². The molecule has 2 aromatic rings. The van der Waals surface area contributed by atoms with Gasteiger partial charge in [0, 0.05) is 36.0 Å². The molecule has 0 spiro atoms. The van der Waals surface area contributed by atoms with E-state index in [1.165, 1.54) is 36.6 Å². The summed E-state index contributed by atoms with van der Waals surface area (Å²) in [6, 6.07) is 4.37. The van der Waals surface area contributed by atoms with Crippen molar-refractivity contribution in [2.45, 2.75) is 42.0 Å². The van der Waals surface area contributed by atoms with Crippen molar-refractivity contribution in [1.82, 2.24) is 15.5 Å². The number of halogens is 1. The highest BCUT2D eigenvalue weighted by Gasteiger charge is 2.30. The van der Waals surface area contributed by atoms with Gasteiger partial charge in [0.15, 0.2) is 9.84 Å². The molecule has 0 radical (unpaired) electrons. The molecule has 0 amide bonds. The van der Waals surface area contributed by atoms with E-state index in [9.17, 15) is 8.42 Å². The lowest BCUT2D eigenvalue weighted by molar-refractivity contribution is 0.301. The Kier molecular flexibility index (Phi) is 4.59. The Morgan fingerprint density at radius 3 is 2.82 bits per heavy atom. The molecule has 2 aliphatic heterocycles. The van der Waals surface area contributed by atoms with Gasteiger partial charge in [-0.15, -0.1) is 11.3 Å². The fourth-order valence-electron chi connectivity index (χ4n) is 2.96. The number of sulfone groups is 1.